The number of fused-ring (bicyclic) bond motifs is 1. The third-order valence-electron chi connectivity index (χ3n) is 3.42. The molecule has 3 rings (SSSR count). The predicted molar refractivity (Wildman–Crippen MR) is 75.4 cm³/mol. The Morgan fingerprint density at radius 3 is 2.75 bits per heavy atom. The molecule has 1 aliphatic rings. The molecule has 0 spiro atoms. The quantitative estimate of drug-likeness (QED) is 0.829. The molecule has 0 fully saturated rings. The van der Waals surface area contributed by atoms with E-state index >= 15 is 0 Å². The average molecular weight is 292 g/mol. The second-order valence-electron chi connectivity index (χ2n) is 5.03. The van der Waals surface area contributed by atoms with Gasteiger partial charge in [0.1, 0.15) is 0 Å². The van der Waals surface area contributed by atoms with Gasteiger partial charge in [0.2, 0.25) is 10.0 Å². The van der Waals surface area contributed by atoms with Crippen molar-refractivity contribution in [3.05, 3.63) is 35.8 Å². The third-order valence-corrected chi connectivity index (χ3v) is 4.67. The molecular formula is C13H16N4O2S. The van der Waals surface area contributed by atoms with Gasteiger partial charge < -0.3 is 0 Å². The molecule has 0 atom stereocenters. The minimum atomic E-state index is -3.15. The standard InChI is InChI=1S/C13H16N4O2S/c1-10-7-11(3-4-14-10)13-8-12-9-16(20(2,18)19)5-6-17(12)15-13/h3-4,7-8H,5-6,9H2,1-2H3. The van der Waals surface area contributed by atoms with Crippen LogP contribution in [0, 0.1) is 6.92 Å². The molecule has 2 aromatic rings. The second-order valence-corrected chi connectivity index (χ2v) is 7.01. The maximum atomic E-state index is 11.6. The number of aryl methyl sites for hydroxylation is 1. The molecule has 0 saturated carbocycles. The molecule has 0 unspecified atom stereocenters. The zero-order chi connectivity index (χ0) is 14.3. The Morgan fingerprint density at radius 2 is 2.05 bits per heavy atom. The highest BCUT2D eigenvalue weighted by Crippen LogP contribution is 2.23. The van der Waals surface area contributed by atoms with Gasteiger partial charge in [-0.2, -0.15) is 9.40 Å². The number of nitrogens with zero attached hydrogens (tertiary/aromatic N) is 4. The van der Waals surface area contributed by atoms with Gasteiger partial charge in [-0.05, 0) is 25.1 Å². The fraction of sp³-hybridized carbons (Fsp3) is 0.385. The summed E-state index contributed by atoms with van der Waals surface area (Å²) < 4.78 is 26.6. The fourth-order valence-corrected chi connectivity index (χ4v) is 3.15. The number of hydrogen-bond acceptors (Lipinski definition) is 4. The number of sulfonamides is 1. The van der Waals surface area contributed by atoms with Crippen LogP contribution in [0.25, 0.3) is 11.3 Å². The summed E-state index contributed by atoms with van der Waals surface area (Å²) in [5.74, 6) is 0. The molecule has 0 amide bonds. The van der Waals surface area contributed by atoms with Crippen molar-refractivity contribution >= 4 is 10.0 Å². The van der Waals surface area contributed by atoms with Crippen molar-refractivity contribution in [2.45, 2.75) is 20.0 Å². The van der Waals surface area contributed by atoms with Gasteiger partial charge in [-0.3, -0.25) is 9.67 Å². The molecule has 0 aromatic carbocycles. The van der Waals surface area contributed by atoms with Crippen LogP contribution in [0.4, 0.5) is 0 Å². The van der Waals surface area contributed by atoms with Gasteiger partial charge in [0.15, 0.2) is 0 Å². The van der Waals surface area contributed by atoms with Crippen molar-refractivity contribution in [1.82, 2.24) is 19.1 Å². The first-order chi connectivity index (χ1) is 9.43. The van der Waals surface area contributed by atoms with E-state index < -0.39 is 10.0 Å². The zero-order valence-electron chi connectivity index (χ0n) is 11.4. The Kier molecular flexibility index (Phi) is 3.10. The lowest BCUT2D eigenvalue weighted by Gasteiger charge is -2.25. The number of aromatic nitrogens is 3. The van der Waals surface area contributed by atoms with E-state index in [2.05, 4.69) is 10.1 Å². The molecule has 106 valence electrons. The molecule has 6 nitrogen and oxygen atoms in total. The Bertz CT molecular complexity index is 751. The molecule has 3 heterocycles. The van der Waals surface area contributed by atoms with Gasteiger partial charge >= 0.3 is 0 Å². The van der Waals surface area contributed by atoms with E-state index in [0.29, 0.717) is 19.6 Å². The monoisotopic (exact) mass is 292 g/mol. The van der Waals surface area contributed by atoms with Crippen molar-refractivity contribution in [3.63, 3.8) is 0 Å². The van der Waals surface area contributed by atoms with Gasteiger partial charge in [-0.25, -0.2) is 8.42 Å². The largest absolute Gasteiger partial charge is 0.266 e. The fourth-order valence-electron chi connectivity index (χ4n) is 2.37. The zero-order valence-corrected chi connectivity index (χ0v) is 12.3. The first-order valence-corrected chi connectivity index (χ1v) is 8.23. The topological polar surface area (TPSA) is 68.1 Å². The van der Waals surface area contributed by atoms with Crippen molar-refractivity contribution in [2.24, 2.45) is 0 Å². The lowest BCUT2D eigenvalue weighted by molar-refractivity contribution is 0.329. The van der Waals surface area contributed by atoms with Crippen molar-refractivity contribution in [1.29, 1.82) is 0 Å². The normalized spacial score (nSPS) is 16.1. The van der Waals surface area contributed by atoms with Gasteiger partial charge in [0, 0.05) is 24.0 Å². The van der Waals surface area contributed by atoms with Crippen LogP contribution in [-0.2, 0) is 23.1 Å². The highest BCUT2D eigenvalue weighted by atomic mass is 32.2. The number of hydrogen-bond donors (Lipinski definition) is 0. The molecule has 7 heteroatoms. The molecule has 0 saturated heterocycles. The first-order valence-electron chi connectivity index (χ1n) is 6.38. The summed E-state index contributed by atoms with van der Waals surface area (Å²) in [6.07, 6.45) is 3.00. The van der Waals surface area contributed by atoms with E-state index in [1.807, 2.05) is 29.8 Å². The summed E-state index contributed by atoms with van der Waals surface area (Å²) in [6.45, 7) is 3.38. The van der Waals surface area contributed by atoms with Crippen LogP contribution in [0.2, 0.25) is 0 Å². The summed E-state index contributed by atoms with van der Waals surface area (Å²) >= 11 is 0. The summed E-state index contributed by atoms with van der Waals surface area (Å²) in [6, 6.07) is 5.84. The van der Waals surface area contributed by atoms with E-state index in [1.165, 1.54) is 10.6 Å². The highest BCUT2D eigenvalue weighted by Gasteiger charge is 2.24. The van der Waals surface area contributed by atoms with Crippen LogP contribution in [0.5, 0.6) is 0 Å². The van der Waals surface area contributed by atoms with E-state index in [-0.39, 0.29) is 0 Å². The van der Waals surface area contributed by atoms with Crippen molar-refractivity contribution in [2.75, 3.05) is 12.8 Å². The van der Waals surface area contributed by atoms with E-state index in [9.17, 15) is 8.42 Å². The predicted octanol–water partition coefficient (Wildman–Crippen LogP) is 1.03. The van der Waals surface area contributed by atoms with Crippen LogP contribution >= 0.6 is 0 Å². The maximum Gasteiger partial charge on any atom is 0.211 e. The van der Waals surface area contributed by atoms with Crippen LogP contribution in [-0.4, -0.2) is 40.3 Å². The molecular weight excluding hydrogens is 276 g/mol. The first kappa shape index (κ1) is 13.3. The third kappa shape index (κ3) is 2.46. The Balaban J connectivity index is 1.95. The molecule has 0 N–H and O–H groups in total. The molecule has 2 aromatic heterocycles. The lowest BCUT2D eigenvalue weighted by atomic mass is 10.1. The Labute approximate surface area is 118 Å². The van der Waals surface area contributed by atoms with Crippen LogP contribution in [0.1, 0.15) is 11.4 Å². The molecule has 20 heavy (non-hydrogen) atoms. The lowest BCUT2D eigenvalue weighted by Crippen LogP contribution is -2.37. The van der Waals surface area contributed by atoms with Crippen molar-refractivity contribution in [3.8, 4) is 11.3 Å². The maximum absolute atomic E-state index is 11.6. The van der Waals surface area contributed by atoms with Gasteiger partial charge in [-0.15, -0.1) is 0 Å². The Morgan fingerprint density at radius 1 is 1.25 bits per heavy atom. The second kappa shape index (κ2) is 4.68. The molecule has 0 bridgehead atoms. The summed E-state index contributed by atoms with van der Waals surface area (Å²) in [5, 5.41) is 4.55. The van der Waals surface area contributed by atoms with Crippen molar-refractivity contribution < 1.29 is 8.42 Å². The van der Waals surface area contributed by atoms with Gasteiger partial charge in [0.25, 0.3) is 0 Å². The van der Waals surface area contributed by atoms with Crippen LogP contribution in [0.15, 0.2) is 24.4 Å². The summed E-state index contributed by atoms with van der Waals surface area (Å²) in [5.41, 5.74) is 3.73. The summed E-state index contributed by atoms with van der Waals surface area (Å²) in [4.78, 5) is 4.17. The molecule has 1 aliphatic heterocycles. The summed E-state index contributed by atoms with van der Waals surface area (Å²) in [7, 11) is -3.15. The minimum Gasteiger partial charge on any atom is -0.266 e. The molecule has 0 radical (unpaired) electrons. The smallest absolute Gasteiger partial charge is 0.211 e. The van der Waals surface area contributed by atoms with E-state index in [4.69, 9.17) is 0 Å². The van der Waals surface area contributed by atoms with Gasteiger partial charge in [-0.1, -0.05) is 0 Å². The van der Waals surface area contributed by atoms with Crippen LogP contribution in [0.3, 0.4) is 0 Å². The van der Waals surface area contributed by atoms with E-state index in [0.717, 1.165) is 22.6 Å². The molecule has 0 aliphatic carbocycles. The van der Waals surface area contributed by atoms with Gasteiger partial charge in [0.05, 0.1) is 30.7 Å². The minimum absolute atomic E-state index is 0.385. The van der Waals surface area contributed by atoms with E-state index in [1.54, 1.807) is 6.20 Å². The Hall–Kier alpha value is -1.73. The number of rotatable bonds is 2. The highest BCUT2D eigenvalue weighted by molar-refractivity contribution is 7.88. The van der Waals surface area contributed by atoms with Crippen LogP contribution < -0.4 is 0 Å². The number of pyridine rings is 1. The average Bonchev–Trinajstić information content (AvgIpc) is 2.80. The SMILES string of the molecule is Cc1cc(-c2cc3n(n2)CCN(S(C)(=O)=O)C3)ccn1.